The SMILES string of the molecule is O=C(NC(Cc1ccc(-c2ccccc2)cc1)CC(CO)C(=O)O)c1c[nH]c(=O)[nH]1. The second-order valence-corrected chi connectivity index (χ2v) is 7.05. The number of carbonyl (C=O) groups excluding carboxylic acids is 1. The molecule has 0 fully saturated rings. The Morgan fingerprint density at radius 2 is 1.67 bits per heavy atom. The molecular weight excluding hydrogens is 386 g/mol. The van der Waals surface area contributed by atoms with Gasteiger partial charge in [0.05, 0.1) is 12.5 Å². The van der Waals surface area contributed by atoms with E-state index in [0.29, 0.717) is 6.42 Å². The van der Waals surface area contributed by atoms with Gasteiger partial charge in [0.2, 0.25) is 0 Å². The van der Waals surface area contributed by atoms with Crippen LogP contribution in [0.2, 0.25) is 0 Å². The average Bonchev–Trinajstić information content (AvgIpc) is 3.19. The Morgan fingerprint density at radius 3 is 2.23 bits per heavy atom. The molecule has 0 saturated carbocycles. The van der Waals surface area contributed by atoms with Gasteiger partial charge in [0.1, 0.15) is 5.69 Å². The molecular formula is C22H23N3O5. The summed E-state index contributed by atoms with van der Waals surface area (Å²) in [5.74, 6) is -2.67. The third-order valence-corrected chi connectivity index (χ3v) is 4.86. The van der Waals surface area contributed by atoms with Crippen LogP contribution < -0.4 is 11.0 Å². The van der Waals surface area contributed by atoms with Gasteiger partial charge < -0.3 is 25.5 Å². The fourth-order valence-corrected chi connectivity index (χ4v) is 3.26. The van der Waals surface area contributed by atoms with Crippen LogP contribution in [0.3, 0.4) is 0 Å². The van der Waals surface area contributed by atoms with Crippen LogP contribution in [0, 0.1) is 5.92 Å². The van der Waals surface area contributed by atoms with Crippen LogP contribution in [-0.2, 0) is 11.2 Å². The number of hydrogen-bond acceptors (Lipinski definition) is 4. The van der Waals surface area contributed by atoms with Crippen molar-refractivity contribution >= 4 is 11.9 Å². The summed E-state index contributed by atoms with van der Waals surface area (Å²) >= 11 is 0. The highest BCUT2D eigenvalue weighted by Crippen LogP contribution is 2.20. The number of aliphatic hydroxyl groups excluding tert-OH is 1. The van der Waals surface area contributed by atoms with Crippen LogP contribution in [-0.4, -0.2) is 44.7 Å². The molecule has 1 amide bonds. The van der Waals surface area contributed by atoms with E-state index in [1.54, 1.807) is 0 Å². The van der Waals surface area contributed by atoms with E-state index in [2.05, 4.69) is 15.3 Å². The minimum atomic E-state index is -1.13. The largest absolute Gasteiger partial charge is 0.481 e. The number of carbonyl (C=O) groups is 2. The van der Waals surface area contributed by atoms with Crippen LogP contribution in [0.5, 0.6) is 0 Å². The summed E-state index contributed by atoms with van der Waals surface area (Å²) in [4.78, 5) is 39.7. The van der Waals surface area contributed by atoms with Gasteiger partial charge in [-0.15, -0.1) is 0 Å². The van der Waals surface area contributed by atoms with E-state index in [9.17, 15) is 24.6 Å². The van der Waals surface area contributed by atoms with Crippen molar-refractivity contribution in [3.63, 3.8) is 0 Å². The summed E-state index contributed by atoms with van der Waals surface area (Å²) in [5.41, 5.74) is 2.58. The minimum absolute atomic E-state index is 0.0483. The molecule has 156 valence electrons. The number of amides is 1. The normalized spacial score (nSPS) is 12.8. The van der Waals surface area contributed by atoms with Gasteiger partial charge in [0, 0.05) is 12.2 Å². The van der Waals surface area contributed by atoms with Crippen LogP contribution in [0.15, 0.2) is 65.6 Å². The fraction of sp³-hybridized carbons (Fsp3) is 0.227. The highest BCUT2D eigenvalue weighted by molar-refractivity contribution is 5.92. The number of aliphatic hydroxyl groups is 1. The number of carboxylic acids is 1. The van der Waals surface area contributed by atoms with E-state index in [0.717, 1.165) is 16.7 Å². The van der Waals surface area contributed by atoms with E-state index in [1.165, 1.54) is 6.20 Å². The van der Waals surface area contributed by atoms with E-state index >= 15 is 0 Å². The van der Waals surface area contributed by atoms with Gasteiger partial charge >= 0.3 is 11.7 Å². The molecule has 30 heavy (non-hydrogen) atoms. The topological polar surface area (TPSA) is 135 Å². The molecule has 0 radical (unpaired) electrons. The van der Waals surface area contributed by atoms with Crippen molar-refractivity contribution in [1.82, 2.24) is 15.3 Å². The number of benzene rings is 2. The lowest BCUT2D eigenvalue weighted by molar-refractivity contribution is -0.143. The van der Waals surface area contributed by atoms with E-state index < -0.39 is 36.1 Å². The molecule has 0 aliphatic carbocycles. The zero-order chi connectivity index (χ0) is 21.5. The Morgan fingerprint density at radius 1 is 1.00 bits per heavy atom. The fourth-order valence-electron chi connectivity index (χ4n) is 3.26. The Balaban J connectivity index is 1.76. The predicted molar refractivity (Wildman–Crippen MR) is 111 cm³/mol. The highest BCUT2D eigenvalue weighted by atomic mass is 16.4. The molecule has 8 nitrogen and oxygen atoms in total. The Hall–Kier alpha value is -3.65. The summed E-state index contributed by atoms with van der Waals surface area (Å²) in [6.45, 7) is -0.532. The van der Waals surface area contributed by atoms with Crippen LogP contribution in [0.1, 0.15) is 22.5 Å². The van der Waals surface area contributed by atoms with Crippen molar-refractivity contribution in [2.45, 2.75) is 18.9 Å². The van der Waals surface area contributed by atoms with Gasteiger partial charge in [-0.1, -0.05) is 54.6 Å². The molecule has 2 aromatic carbocycles. The highest BCUT2D eigenvalue weighted by Gasteiger charge is 2.24. The molecule has 2 atom stereocenters. The first-order valence-electron chi connectivity index (χ1n) is 9.53. The summed E-state index contributed by atoms with van der Waals surface area (Å²) in [6, 6.07) is 17.1. The molecule has 5 N–H and O–H groups in total. The number of aromatic amines is 2. The number of nitrogens with one attached hydrogen (secondary N) is 3. The quantitative estimate of drug-likeness (QED) is 0.367. The second-order valence-electron chi connectivity index (χ2n) is 7.05. The molecule has 0 aliphatic heterocycles. The van der Waals surface area contributed by atoms with Crippen LogP contribution in [0.25, 0.3) is 11.1 Å². The average molecular weight is 409 g/mol. The summed E-state index contributed by atoms with van der Waals surface area (Å²) < 4.78 is 0. The maximum absolute atomic E-state index is 12.4. The van der Waals surface area contributed by atoms with Crippen molar-refractivity contribution in [3.8, 4) is 11.1 Å². The molecule has 1 heterocycles. The van der Waals surface area contributed by atoms with Gasteiger partial charge in [0.15, 0.2) is 0 Å². The summed E-state index contributed by atoms with van der Waals surface area (Å²) in [6.07, 6.45) is 1.68. The number of carboxylic acid groups (broad SMARTS) is 1. The first-order valence-corrected chi connectivity index (χ1v) is 9.53. The van der Waals surface area contributed by atoms with E-state index in [-0.39, 0.29) is 12.1 Å². The van der Waals surface area contributed by atoms with Crippen LogP contribution >= 0.6 is 0 Å². The maximum atomic E-state index is 12.4. The summed E-state index contributed by atoms with van der Waals surface area (Å²) in [7, 11) is 0. The monoisotopic (exact) mass is 409 g/mol. The minimum Gasteiger partial charge on any atom is -0.481 e. The van der Waals surface area contributed by atoms with Crippen molar-refractivity contribution in [2.75, 3.05) is 6.61 Å². The molecule has 3 rings (SSSR count). The van der Waals surface area contributed by atoms with Crippen molar-refractivity contribution in [3.05, 3.63) is 82.5 Å². The third-order valence-electron chi connectivity index (χ3n) is 4.86. The predicted octanol–water partition coefficient (Wildman–Crippen LogP) is 1.79. The molecule has 8 heteroatoms. The molecule has 1 aromatic heterocycles. The van der Waals surface area contributed by atoms with Crippen molar-refractivity contribution in [1.29, 1.82) is 0 Å². The number of aliphatic carboxylic acids is 1. The van der Waals surface area contributed by atoms with E-state index in [4.69, 9.17) is 0 Å². The van der Waals surface area contributed by atoms with Crippen molar-refractivity contribution < 1.29 is 19.8 Å². The lowest BCUT2D eigenvalue weighted by Crippen LogP contribution is -2.40. The standard InChI is InChI=1S/C22H23N3O5/c26-13-17(21(28)29)11-18(24-20(27)19-12-23-22(30)25-19)10-14-6-8-16(9-7-14)15-4-2-1-3-5-15/h1-9,12,17-18,26H,10-11,13H2,(H,24,27)(H,28,29)(H2,23,25,30). The van der Waals surface area contributed by atoms with Gasteiger partial charge in [-0.05, 0) is 29.5 Å². The van der Waals surface area contributed by atoms with Gasteiger partial charge in [-0.2, -0.15) is 0 Å². The number of rotatable bonds is 9. The Labute approximate surface area is 172 Å². The summed E-state index contributed by atoms with van der Waals surface area (Å²) in [5, 5.41) is 21.4. The molecule has 0 saturated heterocycles. The Bertz CT molecular complexity index is 1040. The van der Waals surface area contributed by atoms with Gasteiger partial charge in [0.25, 0.3) is 5.91 Å². The molecule has 2 unspecified atom stereocenters. The number of aromatic nitrogens is 2. The van der Waals surface area contributed by atoms with E-state index in [1.807, 2.05) is 54.6 Å². The molecule has 0 spiro atoms. The Kier molecular flexibility index (Phi) is 6.82. The smallest absolute Gasteiger partial charge is 0.323 e. The molecule has 0 bridgehead atoms. The molecule has 3 aromatic rings. The number of imidazole rings is 1. The third kappa shape index (κ3) is 5.45. The molecule has 0 aliphatic rings. The number of H-pyrrole nitrogens is 2. The lowest BCUT2D eigenvalue weighted by atomic mass is 9.94. The second kappa shape index (κ2) is 9.71. The van der Waals surface area contributed by atoms with Gasteiger partial charge in [-0.25, -0.2) is 4.79 Å². The zero-order valence-corrected chi connectivity index (χ0v) is 16.2. The zero-order valence-electron chi connectivity index (χ0n) is 16.2. The van der Waals surface area contributed by atoms with Crippen molar-refractivity contribution in [2.24, 2.45) is 5.92 Å². The lowest BCUT2D eigenvalue weighted by Gasteiger charge is -2.21. The first-order chi connectivity index (χ1) is 14.5. The maximum Gasteiger partial charge on any atom is 0.323 e. The number of hydrogen-bond donors (Lipinski definition) is 5. The van der Waals surface area contributed by atoms with Gasteiger partial charge in [-0.3, -0.25) is 9.59 Å². The van der Waals surface area contributed by atoms with Crippen LogP contribution in [0.4, 0.5) is 0 Å². The first kappa shape index (κ1) is 21.1.